The molecular weight excluding hydrogens is 360 g/mol. The van der Waals surface area contributed by atoms with Gasteiger partial charge in [-0.05, 0) is 37.3 Å². The zero-order valence-electron chi connectivity index (χ0n) is 15.2. The lowest BCUT2D eigenvalue weighted by Gasteiger charge is -2.33. The molecule has 3 aromatic rings. The molecule has 142 valence electrons. The molecule has 1 aromatic heterocycles. The maximum Gasteiger partial charge on any atom is 0.269 e. The van der Waals surface area contributed by atoms with Crippen LogP contribution in [0.4, 0.5) is 17.3 Å². The molecule has 2 heterocycles. The molecule has 0 saturated heterocycles. The van der Waals surface area contributed by atoms with E-state index in [2.05, 4.69) is 26.1 Å². The number of carbonyl (C=O) groups is 2. The lowest BCUT2D eigenvalue weighted by Crippen LogP contribution is -2.44. The summed E-state index contributed by atoms with van der Waals surface area (Å²) in [5.41, 5.74) is 7.06. The van der Waals surface area contributed by atoms with Crippen molar-refractivity contribution in [3.05, 3.63) is 58.4 Å². The second kappa shape index (κ2) is 6.69. The molecule has 4 N–H and O–H groups in total. The quantitative estimate of drug-likeness (QED) is 0.512. The Morgan fingerprint density at radius 3 is 2.79 bits per heavy atom. The van der Waals surface area contributed by atoms with Crippen LogP contribution < -0.4 is 26.6 Å². The Morgan fingerprint density at radius 1 is 1.18 bits per heavy atom. The molecule has 2 amide bonds. The minimum atomic E-state index is -0.436. The minimum Gasteiger partial charge on any atom is -0.361 e. The van der Waals surface area contributed by atoms with E-state index < -0.39 is 5.91 Å². The molecule has 28 heavy (non-hydrogen) atoms. The maximum absolute atomic E-state index is 12.5. The van der Waals surface area contributed by atoms with Crippen molar-refractivity contribution in [2.75, 3.05) is 22.7 Å². The average molecular weight is 378 g/mol. The standard InChI is InChI=1S/C19H18N6O3/c1-10-16(26)20-14-9-11(7-8-15(14)25(10)2)17(27)23-24-19-21-13-6-4-3-5-12(13)18(28)22-19/h3-10H,1-2H3,(H,20,26)(H,23,27)(H2,21,22,24,28). The maximum atomic E-state index is 12.5. The third kappa shape index (κ3) is 3.02. The Bertz CT molecular complexity index is 1160. The van der Waals surface area contributed by atoms with Crippen LogP contribution in [0.5, 0.6) is 0 Å². The SMILES string of the molecule is CC1C(=O)Nc2cc(C(=O)NNc3nc4ccccc4c(=O)[nH]3)ccc2N1C. The number of hydrazine groups is 1. The van der Waals surface area contributed by atoms with Gasteiger partial charge in [0.1, 0.15) is 6.04 Å². The number of anilines is 3. The van der Waals surface area contributed by atoms with E-state index in [4.69, 9.17) is 0 Å². The molecule has 0 aliphatic carbocycles. The van der Waals surface area contributed by atoms with Crippen molar-refractivity contribution in [1.82, 2.24) is 15.4 Å². The number of hydrogen-bond donors (Lipinski definition) is 4. The van der Waals surface area contributed by atoms with Gasteiger partial charge in [-0.25, -0.2) is 4.98 Å². The fourth-order valence-electron chi connectivity index (χ4n) is 3.04. The van der Waals surface area contributed by atoms with Crippen molar-refractivity contribution in [2.24, 2.45) is 0 Å². The Kier molecular flexibility index (Phi) is 4.19. The molecule has 0 bridgehead atoms. The summed E-state index contributed by atoms with van der Waals surface area (Å²) in [5, 5.41) is 3.26. The summed E-state index contributed by atoms with van der Waals surface area (Å²) in [5.74, 6) is -0.449. The molecule has 1 aliphatic heterocycles. The first-order valence-corrected chi connectivity index (χ1v) is 8.67. The number of rotatable bonds is 3. The van der Waals surface area contributed by atoms with Crippen LogP contribution in [0.1, 0.15) is 17.3 Å². The van der Waals surface area contributed by atoms with Crippen LogP contribution in [0.3, 0.4) is 0 Å². The molecule has 0 spiro atoms. The number of nitrogens with zero attached hydrogens (tertiary/aromatic N) is 2. The van der Waals surface area contributed by atoms with Crippen molar-refractivity contribution >= 4 is 40.0 Å². The summed E-state index contributed by atoms with van der Waals surface area (Å²) in [6.07, 6.45) is 0. The van der Waals surface area contributed by atoms with Crippen molar-refractivity contribution in [1.29, 1.82) is 0 Å². The van der Waals surface area contributed by atoms with Crippen molar-refractivity contribution < 1.29 is 9.59 Å². The number of benzene rings is 2. The van der Waals surface area contributed by atoms with Gasteiger partial charge < -0.3 is 10.2 Å². The van der Waals surface area contributed by atoms with Gasteiger partial charge in [-0.15, -0.1) is 0 Å². The monoisotopic (exact) mass is 378 g/mol. The zero-order chi connectivity index (χ0) is 19.8. The first kappa shape index (κ1) is 17.5. The lowest BCUT2D eigenvalue weighted by molar-refractivity contribution is -0.117. The average Bonchev–Trinajstić information content (AvgIpc) is 2.70. The van der Waals surface area contributed by atoms with Gasteiger partial charge in [0.2, 0.25) is 11.9 Å². The van der Waals surface area contributed by atoms with Gasteiger partial charge in [-0.2, -0.15) is 0 Å². The molecule has 0 saturated carbocycles. The first-order valence-electron chi connectivity index (χ1n) is 8.67. The molecule has 1 atom stereocenters. The topological polar surface area (TPSA) is 119 Å². The number of likely N-dealkylation sites (N-methyl/N-ethyl adjacent to an activating group) is 1. The Hall–Kier alpha value is -3.88. The Labute approximate surface area is 159 Å². The van der Waals surface area contributed by atoms with Gasteiger partial charge in [0.25, 0.3) is 11.5 Å². The molecule has 9 nitrogen and oxygen atoms in total. The Balaban J connectivity index is 1.53. The van der Waals surface area contributed by atoms with Crippen LogP contribution in [-0.2, 0) is 4.79 Å². The number of para-hydroxylation sites is 1. The summed E-state index contributed by atoms with van der Waals surface area (Å²) in [7, 11) is 1.82. The van der Waals surface area contributed by atoms with Crippen molar-refractivity contribution in [3.63, 3.8) is 0 Å². The lowest BCUT2D eigenvalue weighted by atomic mass is 10.1. The number of hydrogen-bond acceptors (Lipinski definition) is 6. The molecule has 1 aliphatic rings. The van der Waals surface area contributed by atoms with Gasteiger partial charge in [-0.1, -0.05) is 12.1 Å². The van der Waals surface area contributed by atoms with Gasteiger partial charge in [0, 0.05) is 12.6 Å². The van der Waals surface area contributed by atoms with E-state index in [0.29, 0.717) is 22.2 Å². The van der Waals surface area contributed by atoms with Gasteiger partial charge >= 0.3 is 0 Å². The highest BCUT2D eigenvalue weighted by Crippen LogP contribution is 2.31. The smallest absolute Gasteiger partial charge is 0.269 e. The first-order chi connectivity index (χ1) is 13.4. The minimum absolute atomic E-state index is 0.122. The van der Waals surface area contributed by atoms with E-state index in [1.807, 2.05) is 11.9 Å². The molecule has 2 aromatic carbocycles. The number of carbonyl (C=O) groups excluding carboxylic acids is 2. The third-order valence-electron chi connectivity index (χ3n) is 4.76. The molecular formula is C19H18N6O3. The summed E-state index contributed by atoms with van der Waals surface area (Å²) >= 11 is 0. The number of aromatic nitrogens is 2. The van der Waals surface area contributed by atoms with Crippen LogP contribution in [0, 0.1) is 0 Å². The highest BCUT2D eigenvalue weighted by Gasteiger charge is 2.27. The van der Waals surface area contributed by atoms with E-state index in [1.165, 1.54) is 0 Å². The van der Waals surface area contributed by atoms with Gasteiger partial charge in [0.15, 0.2) is 0 Å². The number of aromatic amines is 1. The molecule has 4 rings (SSSR count). The highest BCUT2D eigenvalue weighted by atomic mass is 16.2. The molecule has 0 fully saturated rings. The number of fused-ring (bicyclic) bond motifs is 2. The van der Waals surface area contributed by atoms with Crippen LogP contribution in [0.2, 0.25) is 0 Å². The fourth-order valence-corrected chi connectivity index (χ4v) is 3.04. The second-order valence-corrected chi connectivity index (χ2v) is 6.52. The van der Waals surface area contributed by atoms with Crippen molar-refractivity contribution in [2.45, 2.75) is 13.0 Å². The molecule has 0 radical (unpaired) electrons. The van der Waals surface area contributed by atoms with Crippen LogP contribution >= 0.6 is 0 Å². The third-order valence-corrected chi connectivity index (χ3v) is 4.76. The summed E-state index contributed by atoms with van der Waals surface area (Å²) in [6, 6.07) is 11.7. The number of H-pyrrole nitrogens is 1. The van der Waals surface area contributed by atoms with E-state index in [0.717, 1.165) is 5.69 Å². The Morgan fingerprint density at radius 2 is 1.96 bits per heavy atom. The highest BCUT2D eigenvalue weighted by molar-refractivity contribution is 6.05. The predicted molar refractivity (Wildman–Crippen MR) is 106 cm³/mol. The largest absolute Gasteiger partial charge is 0.361 e. The fraction of sp³-hybridized carbons (Fsp3) is 0.158. The normalized spacial score (nSPS) is 15.7. The van der Waals surface area contributed by atoms with E-state index in [9.17, 15) is 14.4 Å². The summed E-state index contributed by atoms with van der Waals surface area (Å²) in [4.78, 5) is 45.2. The zero-order valence-corrected chi connectivity index (χ0v) is 15.2. The van der Waals surface area contributed by atoms with Crippen molar-refractivity contribution in [3.8, 4) is 0 Å². The summed E-state index contributed by atoms with van der Waals surface area (Å²) in [6.45, 7) is 1.81. The van der Waals surface area contributed by atoms with Crippen LogP contribution in [0.25, 0.3) is 10.9 Å². The van der Waals surface area contributed by atoms with E-state index in [-0.39, 0.29) is 23.5 Å². The number of nitrogens with one attached hydrogen (secondary N) is 4. The van der Waals surface area contributed by atoms with Gasteiger partial charge in [0.05, 0.1) is 22.3 Å². The second-order valence-electron chi connectivity index (χ2n) is 6.52. The van der Waals surface area contributed by atoms with Crippen LogP contribution in [0.15, 0.2) is 47.3 Å². The molecule has 1 unspecified atom stereocenters. The predicted octanol–water partition coefficient (Wildman–Crippen LogP) is 1.46. The summed E-state index contributed by atoms with van der Waals surface area (Å²) < 4.78 is 0. The van der Waals surface area contributed by atoms with Crippen LogP contribution in [-0.4, -0.2) is 34.9 Å². The molecule has 9 heteroatoms. The van der Waals surface area contributed by atoms with Gasteiger partial charge in [-0.3, -0.25) is 30.2 Å². The number of amides is 2. The van der Waals surface area contributed by atoms with E-state index >= 15 is 0 Å². The van der Waals surface area contributed by atoms with E-state index in [1.54, 1.807) is 49.4 Å².